The molecular weight excluding hydrogens is 218 g/mol. The fourth-order valence-corrected chi connectivity index (χ4v) is 1.97. The van der Waals surface area contributed by atoms with E-state index in [9.17, 15) is 4.91 Å². The van der Waals surface area contributed by atoms with Gasteiger partial charge < -0.3 is 15.0 Å². The fraction of sp³-hybridized carbons (Fsp3) is 0.500. The van der Waals surface area contributed by atoms with Gasteiger partial charge in [0, 0.05) is 37.9 Å². The number of rotatable bonds is 4. The maximum Gasteiger partial charge on any atom is 0.150 e. The summed E-state index contributed by atoms with van der Waals surface area (Å²) in [5.74, 6) is 0.568. The monoisotopic (exact) mass is 235 g/mol. The van der Waals surface area contributed by atoms with E-state index in [1.807, 2.05) is 19.1 Å². The Hall–Kier alpha value is -1.62. The molecule has 0 saturated carbocycles. The van der Waals surface area contributed by atoms with Crippen molar-refractivity contribution < 1.29 is 4.74 Å². The topological polar surface area (TPSA) is 53.9 Å². The highest BCUT2D eigenvalue weighted by molar-refractivity contribution is 5.62. The highest BCUT2D eigenvalue weighted by Crippen LogP contribution is 2.32. The Balaban J connectivity index is 2.22. The zero-order valence-corrected chi connectivity index (χ0v) is 9.98. The molecule has 1 aromatic rings. The number of benzene rings is 1. The molecule has 0 amide bonds. The third-order valence-electron chi connectivity index (χ3n) is 2.82. The van der Waals surface area contributed by atoms with Crippen LogP contribution in [-0.2, 0) is 0 Å². The molecule has 5 nitrogen and oxygen atoms in total. The first-order chi connectivity index (χ1) is 8.35. The van der Waals surface area contributed by atoms with E-state index < -0.39 is 0 Å². The van der Waals surface area contributed by atoms with Crippen LogP contribution in [-0.4, -0.2) is 32.8 Å². The van der Waals surface area contributed by atoms with Crippen LogP contribution < -0.4 is 15.0 Å². The van der Waals surface area contributed by atoms with Gasteiger partial charge in [-0.2, -0.15) is 0 Å². The zero-order chi connectivity index (χ0) is 12.1. The summed E-state index contributed by atoms with van der Waals surface area (Å²) in [6.45, 7) is 6.34. The maximum atomic E-state index is 10.6. The molecule has 0 spiro atoms. The maximum absolute atomic E-state index is 10.6. The Morgan fingerprint density at radius 1 is 1.41 bits per heavy atom. The lowest BCUT2D eigenvalue weighted by Gasteiger charge is -2.29. The minimum Gasteiger partial charge on any atom is -0.491 e. The summed E-state index contributed by atoms with van der Waals surface area (Å²) in [6, 6.07) is 5.53. The minimum absolute atomic E-state index is 0.366. The van der Waals surface area contributed by atoms with Crippen LogP contribution in [0.3, 0.4) is 0 Å². The van der Waals surface area contributed by atoms with Crippen molar-refractivity contribution in [2.24, 2.45) is 5.18 Å². The smallest absolute Gasteiger partial charge is 0.150 e. The van der Waals surface area contributed by atoms with Gasteiger partial charge in [0.05, 0.1) is 6.61 Å². The fourth-order valence-electron chi connectivity index (χ4n) is 1.97. The quantitative estimate of drug-likeness (QED) is 0.810. The van der Waals surface area contributed by atoms with Gasteiger partial charge >= 0.3 is 0 Å². The number of nitrogens with one attached hydrogen (secondary N) is 1. The lowest BCUT2D eigenvalue weighted by molar-refractivity contribution is 0.341. The highest BCUT2D eigenvalue weighted by atomic mass is 16.5. The number of hydrogen-bond donors (Lipinski definition) is 1. The number of ether oxygens (including phenoxy) is 1. The van der Waals surface area contributed by atoms with Crippen LogP contribution in [0.2, 0.25) is 0 Å². The van der Waals surface area contributed by atoms with Crippen molar-refractivity contribution in [2.45, 2.75) is 6.92 Å². The molecule has 17 heavy (non-hydrogen) atoms. The number of nitrogens with zero attached hydrogens (tertiary/aromatic N) is 2. The van der Waals surface area contributed by atoms with Crippen LogP contribution in [0, 0.1) is 4.91 Å². The predicted molar refractivity (Wildman–Crippen MR) is 68.1 cm³/mol. The van der Waals surface area contributed by atoms with Gasteiger partial charge in [0.1, 0.15) is 5.69 Å². The van der Waals surface area contributed by atoms with Gasteiger partial charge in [-0.1, -0.05) is 0 Å². The number of hydrogen-bond acceptors (Lipinski definition) is 5. The van der Waals surface area contributed by atoms with Crippen LogP contribution in [0.4, 0.5) is 11.4 Å². The summed E-state index contributed by atoms with van der Waals surface area (Å²) < 4.78 is 5.42. The summed E-state index contributed by atoms with van der Waals surface area (Å²) in [6.07, 6.45) is 0. The summed E-state index contributed by atoms with van der Waals surface area (Å²) in [7, 11) is 0. The highest BCUT2D eigenvalue weighted by Gasteiger charge is 2.13. The molecule has 1 aliphatic heterocycles. The van der Waals surface area contributed by atoms with Crippen molar-refractivity contribution in [3.8, 4) is 5.75 Å². The van der Waals surface area contributed by atoms with Crippen LogP contribution in [0.15, 0.2) is 23.4 Å². The van der Waals surface area contributed by atoms with E-state index >= 15 is 0 Å². The van der Waals surface area contributed by atoms with E-state index in [4.69, 9.17) is 4.74 Å². The third-order valence-corrected chi connectivity index (χ3v) is 2.82. The molecule has 1 aliphatic rings. The first kappa shape index (κ1) is 11.9. The van der Waals surface area contributed by atoms with Gasteiger partial charge in [0.2, 0.25) is 0 Å². The SMILES string of the molecule is CCOc1cc(N2CCNCC2)ccc1N=O. The summed E-state index contributed by atoms with van der Waals surface area (Å²) in [4.78, 5) is 12.9. The molecule has 1 saturated heterocycles. The molecule has 0 atom stereocenters. The largest absolute Gasteiger partial charge is 0.491 e. The van der Waals surface area contributed by atoms with E-state index in [0.29, 0.717) is 18.0 Å². The second-order valence-electron chi connectivity index (χ2n) is 3.91. The molecule has 1 aromatic carbocycles. The summed E-state index contributed by atoms with van der Waals surface area (Å²) >= 11 is 0. The first-order valence-electron chi connectivity index (χ1n) is 5.91. The second-order valence-corrected chi connectivity index (χ2v) is 3.91. The predicted octanol–water partition coefficient (Wildman–Crippen LogP) is 1.89. The molecule has 0 unspecified atom stereocenters. The van der Waals surface area contributed by atoms with Gasteiger partial charge in [0.15, 0.2) is 5.75 Å². The molecule has 92 valence electrons. The zero-order valence-electron chi connectivity index (χ0n) is 9.98. The average molecular weight is 235 g/mol. The molecule has 5 heteroatoms. The van der Waals surface area contributed by atoms with Crippen molar-refractivity contribution in [3.63, 3.8) is 0 Å². The van der Waals surface area contributed by atoms with Crippen molar-refractivity contribution in [3.05, 3.63) is 23.1 Å². The van der Waals surface area contributed by atoms with Gasteiger partial charge in [-0.3, -0.25) is 0 Å². The van der Waals surface area contributed by atoms with Crippen molar-refractivity contribution in [1.29, 1.82) is 0 Å². The van der Waals surface area contributed by atoms with E-state index in [2.05, 4.69) is 15.4 Å². The number of piperazine rings is 1. The third kappa shape index (κ3) is 2.74. The number of nitroso groups, excluding NO2 is 1. The molecule has 1 fully saturated rings. The average Bonchev–Trinajstić information content (AvgIpc) is 2.40. The molecule has 1 N–H and O–H groups in total. The molecule has 2 rings (SSSR count). The normalized spacial score (nSPS) is 15.7. The van der Waals surface area contributed by atoms with Gasteiger partial charge in [0.25, 0.3) is 0 Å². The Bertz CT molecular complexity index is 389. The van der Waals surface area contributed by atoms with E-state index in [1.54, 1.807) is 6.07 Å². The first-order valence-corrected chi connectivity index (χ1v) is 5.91. The molecule has 1 heterocycles. The van der Waals surface area contributed by atoms with Crippen LogP contribution in [0.25, 0.3) is 0 Å². The molecule has 0 bridgehead atoms. The van der Waals surface area contributed by atoms with Crippen LogP contribution in [0.1, 0.15) is 6.92 Å². The lowest BCUT2D eigenvalue weighted by atomic mass is 10.2. The molecular formula is C12H17N3O2. The number of anilines is 1. The standard InChI is InChI=1S/C12H17N3O2/c1-2-17-12-9-10(3-4-11(12)14-16)15-7-5-13-6-8-15/h3-4,9,13H,2,5-8H2,1H3. The molecule has 0 aromatic heterocycles. The minimum atomic E-state index is 0.366. The Morgan fingerprint density at radius 3 is 2.82 bits per heavy atom. The Labute approximate surface area is 101 Å². The molecule has 0 aliphatic carbocycles. The Kier molecular flexibility index (Phi) is 3.93. The van der Waals surface area contributed by atoms with E-state index in [1.165, 1.54) is 0 Å². The van der Waals surface area contributed by atoms with E-state index in [0.717, 1.165) is 31.9 Å². The van der Waals surface area contributed by atoms with Crippen molar-refractivity contribution in [2.75, 3.05) is 37.7 Å². The molecule has 0 radical (unpaired) electrons. The Morgan fingerprint density at radius 2 is 2.18 bits per heavy atom. The van der Waals surface area contributed by atoms with Gasteiger partial charge in [-0.15, -0.1) is 4.91 Å². The lowest BCUT2D eigenvalue weighted by Crippen LogP contribution is -2.43. The summed E-state index contributed by atoms with van der Waals surface area (Å²) in [5, 5.41) is 6.27. The van der Waals surface area contributed by atoms with Crippen LogP contribution in [0.5, 0.6) is 5.75 Å². The van der Waals surface area contributed by atoms with Gasteiger partial charge in [-0.05, 0) is 24.2 Å². The van der Waals surface area contributed by atoms with Crippen LogP contribution >= 0.6 is 0 Å². The van der Waals surface area contributed by atoms with Crippen molar-refractivity contribution >= 4 is 11.4 Å². The van der Waals surface area contributed by atoms with Gasteiger partial charge in [-0.25, -0.2) is 0 Å². The summed E-state index contributed by atoms with van der Waals surface area (Å²) in [5.41, 5.74) is 1.45. The van der Waals surface area contributed by atoms with E-state index in [-0.39, 0.29) is 0 Å². The van der Waals surface area contributed by atoms with Crippen molar-refractivity contribution in [1.82, 2.24) is 5.32 Å². The second kappa shape index (κ2) is 5.63.